The Balaban J connectivity index is 2.14. The van der Waals surface area contributed by atoms with E-state index < -0.39 is 29.6 Å². The average molecular weight is 575 g/mol. The third-order valence-corrected chi connectivity index (χ3v) is 7.89. The van der Waals surface area contributed by atoms with E-state index in [9.17, 15) is 24.3 Å². The maximum absolute atomic E-state index is 13.6. The van der Waals surface area contributed by atoms with Crippen molar-refractivity contribution in [3.05, 3.63) is 35.9 Å². The number of nitrogens with zero attached hydrogens (tertiary/aromatic N) is 1. The minimum Gasteiger partial charge on any atom is -0.480 e. The molecule has 0 saturated carbocycles. The Hall–Kier alpha value is -3.02. The fraction of sp³-hybridized carbons (Fsp3) is 0.667. The molecule has 3 amide bonds. The van der Waals surface area contributed by atoms with Gasteiger partial charge < -0.3 is 36.6 Å². The Morgan fingerprint density at radius 2 is 1.51 bits per heavy atom. The van der Waals surface area contributed by atoms with Gasteiger partial charge in [-0.1, -0.05) is 44.2 Å². The second kappa shape index (κ2) is 17.1. The molecule has 0 radical (unpaired) electrons. The lowest BCUT2D eigenvalue weighted by Gasteiger charge is -2.40. The predicted octanol–water partition coefficient (Wildman–Crippen LogP) is 0.888. The van der Waals surface area contributed by atoms with E-state index in [0.717, 1.165) is 24.9 Å². The van der Waals surface area contributed by atoms with E-state index in [2.05, 4.69) is 26.6 Å². The van der Waals surface area contributed by atoms with Crippen LogP contribution in [0.25, 0.3) is 0 Å². The summed E-state index contributed by atoms with van der Waals surface area (Å²) >= 11 is 0. The summed E-state index contributed by atoms with van der Waals surface area (Å²) in [6.07, 6.45) is 3.48. The summed E-state index contributed by atoms with van der Waals surface area (Å²) in [5, 5.41) is 24.6. The highest BCUT2D eigenvalue weighted by molar-refractivity contribution is 5.93. The molecular weight excluding hydrogens is 524 g/mol. The van der Waals surface area contributed by atoms with E-state index in [1.54, 1.807) is 19.0 Å². The molecule has 230 valence electrons. The maximum atomic E-state index is 13.6. The van der Waals surface area contributed by atoms with Crippen molar-refractivity contribution in [3.63, 3.8) is 0 Å². The summed E-state index contributed by atoms with van der Waals surface area (Å²) in [6, 6.07) is 7.60. The summed E-state index contributed by atoms with van der Waals surface area (Å²) in [6.45, 7) is 5.32. The number of carbonyl (C=O) groups is 4. The number of unbranched alkanes of at least 4 members (excludes halogenated alkanes) is 1. The summed E-state index contributed by atoms with van der Waals surface area (Å²) in [5.74, 6) is -1.68. The highest BCUT2D eigenvalue weighted by atomic mass is 16.4. The molecule has 1 aromatic rings. The first-order valence-corrected chi connectivity index (χ1v) is 14.7. The van der Waals surface area contributed by atoms with Crippen LogP contribution in [0.15, 0.2) is 30.3 Å². The second-order valence-electron chi connectivity index (χ2n) is 11.3. The van der Waals surface area contributed by atoms with Crippen LogP contribution in [0.1, 0.15) is 57.9 Å². The molecule has 0 aromatic heterocycles. The number of hydrogen-bond acceptors (Lipinski definition) is 7. The third kappa shape index (κ3) is 10.4. The lowest BCUT2D eigenvalue weighted by atomic mass is 9.87. The number of benzene rings is 1. The zero-order valence-electron chi connectivity index (χ0n) is 25.3. The van der Waals surface area contributed by atoms with Crippen molar-refractivity contribution >= 4 is 23.7 Å². The number of carboxylic acid groups (broad SMARTS) is 1. The topological polar surface area (TPSA) is 152 Å². The first-order valence-electron chi connectivity index (χ1n) is 14.7. The van der Waals surface area contributed by atoms with E-state index >= 15 is 0 Å². The number of likely N-dealkylation sites (N-methyl/N-ethyl adjacent to an activating group) is 2. The molecule has 1 aromatic carbocycles. The third-order valence-electron chi connectivity index (χ3n) is 7.89. The lowest BCUT2D eigenvalue weighted by Crippen LogP contribution is -2.61. The zero-order valence-corrected chi connectivity index (χ0v) is 25.3. The lowest BCUT2D eigenvalue weighted by molar-refractivity contribution is -0.149. The Kier molecular flexibility index (Phi) is 14.2. The van der Waals surface area contributed by atoms with Crippen molar-refractivity contribution in [1.29, 1.82) is 0 Å². The Bertz CT molecular complexity index is 981. The highest BCUT2D eigenvalue weighted by Gasteiger charge is 2.42. The Morgan fingerprint density at radius 3 is 2.05 bits per heavy atom. The molecule has 1 heterocycles. The van der Waals surface area contributed by atoms with Gasteiger partial charge in [0.05, 0.1) is 6.04 Å². The number of rotatable bonds is 17. The van der Waals surface area contributed by atoms with Crippen LogP contribution in [0.3, 0.4) is 0 Å². The molecular formula is C30H50N6O5. The number of carboxylic acids is 1. The van der Waals surface area contributed by atoms with Gasteiger partial charge in [-0.25, -0.2) is 0 Å². The van der Waals surface area contributed by atoms with Crippen molar-refractivity contribution in [2.45, 2.75) is 82.5 Å². The fourth-order valence-electron chi connectivity index (χ4n) is 5.23. The molecule has 1 fully saturated rings. The normalized spacial score (nSPS) is 17.0. The molecule has 41 heavy (non-hydrogen) atoms. The molecule has 11 heteroatoms. The van der Waals surface area contributed by atoms with Crippen LogP contribution in [0.5, 0.6) is 0 Å². The number of likely N-dealkylation sites (tertiary alicyclic amines) is 1. The van der Waals surface area contributed by atoms with Crippen LogP contribution in [-0.4, -0.2) is 98.1 Å². The van der Waals surface area contributed by atoms with Gasteiger partial charge in [0.1, 0.15) is 17.6 Å². The van der Waals surface area contributed by atoms with Crippen LogP contribution in [0.4, 0.5) is 0 Å². The minimum absolute atomic E-state index is 0.130. The van der Waals surface area contributed by atoms with Gasteiger partial charge >= 0.3 is 5.97 Å². The number of carbonyl (C=O) groups excluding carboxylic acids is 3. The van der Waals surface area contributed by atoms with E-state index in [4.69, 9.17) is 0 Å². The average Bonchev–Trinajstić information content (AvgIpc) is 2.96. The number of nitrogens with one attached hydrogen (secondary N) is 5. The first-order chi connectivity index (χ1) is 19.6. The van der Waals surface area contributed by atoms with Crippen LogP contribution >= 0.6 is 0 Å². The largest absolute Gasteiger partial charge is 0.480 e. The summed E-state index contributed by atoms with van der Waals surface area (Å²) < 4.78 is 0. The van der Waals surface area contributed by atoms with E-state index in [0.29, 0.717) is 19.3 Å². The van der Waals surface area contributed by atoms with Gasteiger partial charge in [-0.15, -0.1) is 0 Å². The molecule has 0 bridgehead atoms. The van der Waals surface area contributed by atoms with Gasteiger partial charge in [-0.05, 0) is 84.1 Å². The van der Waals surface area contributed by atoms with Gasteiger partial charge in [-0.3, -0.25) is 19.2 Å². The highest BCUT2D eigenvalue weighted by Crippen LogP contribution is 2.23. The predicted molar refractivity (Wildman–Crippen MR) is 159 cm³/mol. The number of hydrogen-bond donors (Lipinski definition) is 6. The maximum Gasteiger partial charge on any atom is 0.324 e. The molecule has 2 unspecified atom stereocenters. The van der Waals surface area contributed by atoms with Gasteiger partial charge in [0.25, 0.3) is 0 Å². The van der Waals surface area contributed by atoms with E-state index in [1.807, 2.05) is 51.2 Å². The smallest absolute Gasteiger partial charge is 0.324 e. The molecule has 6 N–H and O–H groups in total. The van der Waals surface area contributed by atoms with Crippen molar-refractivity contribution in [2.24, 2.45) is 5.92 Å². The number of aliphatic carboxylic acids is 1. The number of piperidine rings is 1. The van der Waals surface area contributed by atoms with Crippen molar-refractivity contribution < 1.29 is 24.3 Å². The molecule has 1 aliphatic rings. The quantitative estimate of drug-likeness (QED) is 0.150. The summed E-state index contributed by atoms with van der Waals surface area (Å²) in [4.78, 5) is 53.9. The van der Waals surface area contributed by atoms with Crippen LogP contribution in [-0.2, 0) is 25.6 Å². The van der Waals surface area contributed by atoms with Gasteiger partial charge in [-0.2, -0.15) is 0 Å². The Labute approximate surface area is 244 Å². The van der Waals surface area contributed by atoms with Crippen LogP contribution in [0, 0.1) is 5.92 Å². The fourth-order valence-corrected chi connectivity index (χ4v) is 5.23. The SMILES string of the molecule is CNCCCCC(NC(=O)[C@@H](CC(C)C)NC(=O)C(Cc1ccccc1)NC)C(=O)N1CCC(NC)(C(=O)O)CC1. The minimum atomic E-state index is -1.06. The number of amides is 3. The monoisotopic (exact) mass is 574 g/mol. The van der Waals surface area contributed by atoms with Crippen molar-refractivity contribution in [1.82, 2.24) is 31.5 Å². The van der Waals surface area contributed by atoms with Crippen LogP contribution in [0.2, 0.25) is 0 Å². The molecule has 0 spiro atoms. The second-order valence-corrected chi connectivity index (χ2v) is 11.3. The standard InChI is InChI=1S/C30H50N6O5/c1-21(2)19-25(35-26(37)24(32-4)20-22-11-7-6-8-12-22)27(38)34-23(13-9-10-16-31-3)28(39)36-17-14-30(33-5,15-18-36)29(40)41/h6-8,11-12,21,23-25,31-33H,9-10,13-20H2,1-5H3,(H,34,38)(H,35,37)(H,40,41)/t23?,24?,25-/m1/s1. The van der Waals surface area contributed by atoms with Gasteiger partial charge in [0.15, 0.2) is 0 Å². The van der Waals surface area contributed by atoms with E-state index in [1.165, 1.54) is 0 Å². The molecule has 1 aliphatic heterocycles. The van der Waals surface area contributed by atoms with Gasteiger partial charge in [0, 0.05) is 13.1 Å². The zero-order chi connectivity index (χ0) is 30.4. The Morgan fingerprint density at radius 1 is 0.902 bits per heavy atom. The van der Waals surface area contributed by atoms with Crippen molar-refractivity contribution in [3.8, 4) is 0 Å². The van der Waals surface area contributed by atoms with Crippen molar-refractivity contribution in [2.75, 3.05) is 40.8 Å². The molecule has 1 saturated heterocycles. The molecule has 3 atom stereocenters. The van der Waals surface area contributed by atoms with E-state index in [-0.39, 0.29) is 49.6 Å². The molecule has 11 nitrogen and oxygen atoms in total. The summed E-state index contributed by atoms with van der Waals surface area (Å²) in [7, 11) is 5.21. The summed E-state index contributed by atoms with van der Waals surface area (Å²) in [5.41, 5.74) is -0.0516. The first kappa shape index (κ1) is 34.2. The molecule has 0 aliphatic carbocycles. The van der Waals surface area contributed by atoms with Gasteiger partial charge in [0.2, 0.25) is 17.7 Å². The van der Waals surface area contributed by atoms with Crippen LogP contribution < -0.4 is 26.6 Å². The molecule has 2 rings (SSSR count).